The Bertz CT molecular complexity index is 624. The van der Waals surface area contributed by atoms with Crippen LogP contribution in [0.25, 0.3) is 0 Å². The molecule has 5 heteroatoms. The smallest absolute Gasteiger partial charge is 0.305 e. The molecule has 0 aliphatic carbocycles. The number of nitrogens with zero attached hydrogens (tertiary/aromatic N) is 1. The number of benzene rings is 1. The molecular weight excluding hydrogens is 234 g/mol. The average molecular weight is 255 g/mol. The van der Waals surface area contributed by atoms with Gasteiger partial charge in [-0.2, -0.15) is 0 Å². The van der Waals surface area contributed by atoms with Gasteiger partial charge in [-0.05, 0) is 18.5 Å². The second kappa shape index (κ2) is 5.00. The van der Waals surface area contributed by atoms with E-state index >= 15 is 0 Å². The van der Waals surface area contributed by atoms with Gasteiger partial charge >= 0.3 is 5.97 Å². The SMILES string of the molecule is [3H]C([3H])(CN1C(=O)c2ccccc2C1=O)C([3H])([3H])C(=O)OC. The van der Waals surface area contributed by atoms with Crippen LogP contribution in [-0.2, 0) is 9.53 Å². The van der Waals surface area contributed by atoms with Crippen LogP contribution in [0.4, 0.5) is 0 Å². The van der Waals surface area contributed by atoms with Crippen molar-refractivity contribution in [3.63, 3.8) is 0 Å². The zero-order valence-corrected chi connectivity index (χ0v) is 9.60. The molecule has 0 aromatic heterocycles. The molecule has 0 saturated carbocycles. The molecule has 1 aromatic rings. The number of ether oxygens (including phenoxy) is 1. The largest absolute Gasteiger partial charge is 0.469 e. The minimum atomic E-state index is -3.00. The van der Waals surface area contributed by atoms with Gasteiger partial charge in [-0.25, -0.2) is 0 Å². The molecule has 0 atom stereocenters. The van der Waals surface area contributed by atoms with Crippen molar-refractivity contribution in [2.75, 3.05) is 13.7 Å². The lowest BCUT2D eigenvalue weighted by molar-refractivity contribution is -0.140. The van der Waals surface area contributed by atoms with Crippen molar-refractivity contribution in [2.24, 2.45) is 0 Å². The van der Waals surface area contributed by atoms with Crippen molar-refractivity contribution in [1.29, 1.82) is 0 Å². The van der Waals surface area contributed by atoms with Gasteiger partial charge in [0.05, 0.1) is 18.2 Å². The summed E-state index contributed by atoms with van der Waals surface area (Å²) in [5.41, 5.74) is 0.254. The molecule has 2 rings (SSSR count). The first-order valence-electron chi connectivity index (χ1n) is 7.17. The van der Waals surface area contributed by atoms with E-state index in [0.717, 1.165) is 7.11 Å². The molecule has 18 heavy (non-hydrogen) atoms. The zero-order valence-electron chi connectivity index (χ0n) is 13.6. The maximum Gasteiger partial charge on any atom is 0.305 e. The van der Waals surface area contributed by atoms with Crippen molar-refractivity contribution in [3.05, 3.63) is 35.4 Å². The van der Waals surface area contributed by atoms with E-state index in [1.807, 2.05) is 0 Å². The van der Waals surface area contributed by atoms with E-state index in [4.69, 9.17) is 5.48 Å². The van der Waals surface area contributed by atoms with E-state index in [1.54, 1.807) is 12.1 Å². The van der Waals surface area contributed by atoms with Crippen LogP contribution in [-0.4, -0.2) is 36.3 Å². The molecule has 1 aliphatic rings. The second-order valence-corrected chi connectivity index (χ2v) is 3.54. The summed E-state index contributed by atoms with van der Waals surface area (Å²) in [6, 6.07) is 5.99. The number of esters is 1. The Hall–Kier alpha value is -2.17. The topological polar surface area (TPSA) is 63.7 Å². The molecule has 1 heterocycles. The normalized spacial score (nSPS) is 18.6. The maximum absolute atomic E-state index is 12.2. The van der Waals surface area contributed by atoms with Crippen LogP contribution in [0.15, 0.2) is 24.3 Å². The third kappa shape index (κ3) is 2.11. The molecule has 0 saturated heterocycles. The van der Waals surface area contributed by atoms with Gasteiger partial charge in [-0.1, -0.05) is 12.1 Å². The van der Waals surface area contributed by atoms with Crippen LogP contribution < -0.4 is 0 Å². The van der Waals surface area contributed by atoms with Gasteiger partial charge in [0.2, 0.25) is 0 Å². The molecular formula is C13H13NO4. The maximum atomic E-state index is 12.2. The van der Waals surface area contributed by atoms with Crippen LogP contribution in [0.1, 0.15) is 38.9 Å². The van der Waals surface area contributed by atoms with Crippen molar-refractivity contribution < 1.29 is 24.6 Å². The van der Waals surface area contributed by atoms with Gasteiger partial charge in [0.1, 0.15) is 0 Å². The number of methoxy groups -OCH3 is 1. The highest BCUT2D eigenvalue weighted by atomic mass is 16.5. The van der Waals surface area contributed by atoms with Gasteiger partial charge < -0.3 is 4.74 Å². The molecule has 0 fully saturated rings. The number of imide groups is 1. The fraction of sp³-hybridized carbons (Fsp3) is 0.308. The molecule has 1 aliphatic heterocycles. The molecule has 1 aromatic carbocycles. The minimum absolute atomic E-state index is 0.127. The summed E-state index contributed by atoms with van der Waals surface area (Å²) in [5, 5.41) is 0. The first-order chi connectivity index (χ1) is 10.1. The first-order valence-corrected chi connectivity index (χ1v) is 5.17. The summed E-state index contributed by atoms with van der Waals surface area (Å²) in [4.78, 5) is 36.3. The summed E-state index contributed by atoms with van der Waals surface area (Å²) in [7, 11) is 0.929. The van der Waals surface area contributed by atoms with Crippen LogP contribution in [0.3, 0.4) is 0 Å². The number of carbonyl (C=O) groups excluding carboxylic acids is 3. The average Bonchev–Trinajstić information content (AvgIpc) is 2.71. The van der Waals surface area contributed by atoms with Gasteiger partial charge in [0.15, 0.2) is 0 Å². The summed E-state index contributed by atoms with van der Waals surface area (Å²) < 4.78 is 34.9. The van der Waals surface area contributed by atoms with E-state index in [0.29, 0.717) is 4.90 Å². The van der Waals surface area contributed by atoms with Crippen LogP contribution >= 0.6 is 0 Å². The Morgan fingerprint density at radius 3 is 2.33 bits per heavy atom. The lowest BCUT2D eigenvalue weighted by Crippen LogP contribution is -2.31. The number of carbonyl (C=O) groups is 3. The van der Waals surface area contributed by atoms with Crippen molar-refractivity contribution in [3.8, 4) is 0 Å². The summed E-state index contributed by atoms with van der Waals surface area (Å²) in [5.74, 6) is -2.84. The van der Waals surface area contributed by atoms with E-state index in [-0.39, 0.29) is 11.1 Å². The number of rotatable bonds is 4. The Kier molecular flexibility index (Phi) is 2.23. The van der Waals surface area contributed by atoms with E-state index in [2.05, 4.69) is 4.74 Å². The molecule has 2 amide bonds. The fourth-order valence-corrected chi connectivity index (χ4v) is 1.62. The summed E-state index contributed by atoms with van der Waals surface area (Å²) >= 11 is 0. The van der Waals surface area contributed by atoms with E-state index < -0.39 is 37.1 Å². The monoisotopic (exact) mass is 255 g/mol. The predicted molar refractivity (Wildman–Crippen MR) is 63.1 cm³/mol. The zero-order chi connectivity index (χ0) is 16.7. The van der Waals surface area contributed by atoms with Crippen LogP contribution in [0.2, 0.25) is 0 Å². The fourth-order valence-electron chi connectivity index (χ4n) is 1.62. The lowest BCUT2D eigenvalue weighted by atomic mass is 10.1. The number of amides is 2. The van der Waals surface area contributed by atoms with Gasteiger partial charge in [0.25, 0.3) is 11.8 Å². The molecule has 0 N–H and O–H groups in total. The molecule has 0 spiro atoms. The molecule has 5 nitrogen and oxygen atoms in total. The quantitative estimate of drug-likeness (QED) is 0.599. The summed E-state index contributed by atoms with van der Waals surface area (Å²) in [6.07, 6.45) is -5.80. The Morgan fingerprint density at radius 1 is 1.28 bits per heavy atom. The third-order valence-corrected chi connectivity index (χ3v) is 2.49. The highest BCUT2D eigenvalue weighted by Gasteiger charge is 2.34. The van der Waals surface area contributed by atoms with Crippen LogP contribution in [0.5, 0.6) is 0 Å². The van der Waals surface area contributed by atoms with Crippen molar-refractivity contribution in [2.45, 2.75) is 12.7 Å². The lowest BCUT2D eigenvalue weighted by Gasteiger charge is -2.12. The van der Waals surface area contributed by atoms with Crippen molar-refractivity contribution in [1.82, 2.24) is 4.90 Å². The number of fused-ring (bicyclic) bond motifs is 1. The van der Waals surface area contributed by atoms with Gasteiger partial charge in [-0.15, -0.1) is 0 Å². The highest BCUT2D eigenvalue weighted by molar-refractivity contribution is 6.21. The number of hydrogen-bond acceptors (Lipinski definition) is 4. The molecule has 0 bridgehead atoms. The van der Waals surface area contributed by atoms with E-state index in [1.165, 1.54) is 12.1 Å². The Morgan fingerprint density at radius 2 is 1.83 bits per heavy atom. The Balaban J connectivity index is 2.30. The van der Waals surface area contributed by atoms with Crippen LogP contribution in [0, 0.1) is 0 Å². The second-order valence-electron chi connectivity index (χ2n) is 3.54. The summed E-state index contributed by atoms with van der Waals surface area (Å²) in [6.45, 7) is -0.887. The standard InChI is InChI=1S/C13H13NO4/c1-18-11(15)7-4-8-14-12(16)9-5-2-3-6-10(9)13(14)17/h2-3,5-6H,4,7-8H2,1H3/i4T2,7T2. The van der Waals surface area contributed by atoms with E-state index in [9.17, 15) is 14.4 Å². The molecule has 0 unspecified atom stereocenters. The Labute approximate surface area is 110 Å². The first kappa shape index (κ1) is 8.02. The predicted octanol–water partition coefficient (Wildman–Crippen LogP) is 1.24. The van der Waals surface area contributed by atoms with Gasteiger partial charge in [0, 0.05) is 18.4 Å². The number of hydrogen-bond donors (Lipinski definition) is 0. The van der Waals surface area contributed by atoms with Crippen molar-refractivity contribution >= 4 is 17.8 Å². The third-order valence-electron chi connectivity index (χ3n) is 2.49. The molecule has 94 valence electrons. The van der Waals surface area contributed by atoms with Gasteiger partial charge in [-0.3, -0.25) is 19.3 Å². The molecule has 0 radical (unpaired) electrons. The highest BCUT2D eigenvalue weighted by Crippen LogP contribution is 2.22. The minimum Gasteiger partial charge on any atom is -0.469 e.